The molecule has 1 saturated carbocycles. The van der Waals surface area contributed by atoms with Crippen molar-refractivity contribution in [2.45, 2.75) is 37.4 Å². The second kappa shape index (κ2) is 8.89. The highest BCUT2D eigenvalue weighted by atomic mass is 19.4. The van der Waals surface area contributed by atoms with E-state index in [1.807, 2.05) is 6.07 Å². The first kappa shape index (κ1) is 22.3. The van der Waals surface area contributed by atoms with Crippen LogP contribution in [-0.2, 0) is 6.18 Å². The Morgan fingerprint density at radius 1 is 1.12 bits per heavy atom. The van der Waals surface area contributed by atoms with E-state index in [9.17, 15) is 22.8 Å². The van der Waals surface area contributed by atoms with Gasteiger partial charge in [0.2, 0.25) is 5.69 Å². The molecule has 1 aliphatic heterocycles. The van der Waals surface area contributed by atoms with Gasteiger partial charge in [-0.25, -0.2) is 9.97 Å². The van der Waals surface area contributed by atoms with Crippen molar-refractivity contribution in [2.24, 2.45) is 0 Å². The van der Waals surface area contributed by atoms with Gasteiger partial charge in [0.15, 0.2) is 0 Å². The molecule has 1 aliphatic carbocycles. The molecule has 0 aromatic carbocycles. The molecule has 32 heavy (non-hydrogen) atoms. The van der Waals surface area contributed by atoms with Crippen molar-refractivity contribution in [1.82, 2.24) is 25.2 Å². The molecule has 11 heteroatoms. The van der Waals surface area contributed by atoms with Crippen LogP contribution in [0.15, 0.2) is 29.3 Å². The van der Waals surface area contributed by atoms with Gasteiger partial charge >= 0.3 is 6.18 Å². The number of carbonyl (C=O) groups is 1. The number of nitrogens with zero attached hydrogens (tertiary/aromatic N) is 4. The maximum atomic E-state index is 12.8. The number of pyridine rings is 1. The molecule has 0 spiro atoms. The van der Waals surface area contributed by atoms with Gasteiger partial charge in [0.05, 0.1) is 11.9 Å². The summed E-state index contributed by atoms with van der Waals surface area (Å²) in [5.41, 5.74) is -0.753. The summed E-state index contributed by atoms with van der Waals surface area (Å²) in [7, 11) is 1.57. The summed E-state index contributed by atoms with van der Waals surface area (Å²) in [6.07, 6.45) is 0.632. The predicted octanol–water partition coefficient (Wildman–Crippen LogP) is 2.00. The molecule has 0 bridgehead atoms. The van der Waals surface area contributed by atoms with Crippen molar-refractivity contribution in [3.05, 3.63) is 52.0 Å². The number of hydrogen-bond donors (Lipinski definition) is 2. The number of alkyl halides is 3. The molecule has 2 aliphatic rings. The lowest BCUT2D eigenvalue weighted by Gasteiger charge is -2.39. The maximum absolute atomic E-state index is 12.8. The van der Waals surface area contributed by atoms with Gasteiger partial charge in [-0.3, -0.25) is 14.5 Å². The fourth-order valence-electron chi connectivity index (χ4n) is 4.58. The van der Waals surface area contributed by atoms with Crippen LogP contribution in [0.2, 0.25) is 0 Å². The molecule has 8 nitrogen and oxygen atoms in total. The number of piperazine rings is 1. The van der Waals surface area contributed by atoms with E-state index in [0.717, 1.165) is 57.3 Å². The van der Waals surface area contributed by atoms with Crippen molar-refractivity contribution < 1.29 is 18.0 Å². The summed E-state index contributed by atoms with van der Waals surface area (Å²) in [4.78, 5) is 38.0. The molecule has 4 rings (SSSR count). The number of nitrogens with one attached hydrogen (secondary N) is 2. The molecule has 1 saturated heterocycles. The van der Waals surface area contributed by atoms with Gasteiger partial charge in [0, 0.05) is 57.1 Å². The standard InChI is InChI=1S/C21H25F3N6O2/c1-25-19(31)16-5-4-15(11-26-16)30-8-6-29(7-9-30)14-3-2-13(10-14)17-12-27-18(20(32)28-17)21(22,23)24/h4-5,11-14H,2-3,6-10H2,1H3,(H,25,31)(H,28,32). The second-order valence-corrected chi connectivity index (χ2v) is 8.18. The lowest BCUT2D eigenvalue weighted by molar-refractivity contribution is -0.142. The van der Waals surface area contributed by atoms with Gasteiger partial charge in [-0.15, -0.1) is 0 Å². The zero-order valence-corrected chi connectivity index (χ0v) is 17.7. The first-order chi connectivity index (χ1) is 15.3. The highest BCUT2D eigenvalue weighted by Crippen LogP contribution is 2.36. The minimum atomic E-state index is -4.75. The van der Waals surface area contributed by atoms with Crippen LogP contribution in [0.25, 0.3) is 0 Å². The van der Waals surface area contributed by atoms with Crippen LogP contribution in [0, 0.1) is 0 Å². The van der Waals surface area contributed by atoms with E-state index in [1.165, 1.54) is 0 Å². The van der Waals surface area contributed by atoms with Crippen LogP contribution in [0.1, 0.15) is 47.1 Å². The van der Waals surface area contributed by atoms with Crippen LogP contribution in [-0.4, -0.2) is 65.0 Å². The van der Waals surface area contributed by atoms with Crippen molar-refractivity contribution in [2.75, 3.05) is 38.1 Å². The quantitative estimate of drug-likeness (QED) is 0.740. The first-order valence-corrected chi connectivity index (χ1v) is 10.6. The molecule has 2 aromatic rings. The van der Waals surface area contributed by atoms with Crippen LogP contribution >= 0.6 is 0 Å². The Bertz CT molecular complexity index is 1020. The van der Waals surface area contributed by atoms with E-state index in [1.54, 1.807) is 19.3 Å². The number of aromatic nitrogens is 3. The van der Waals surface area contributed by atoms with Crippen molar-refractivity contribution in [3.63, 3.8) is 0 Å². The monoisotopic (exact) mass is 450 g/mol. The zero-order valence-electron chi connectivity index (χ0n) is 17.7. The summed E-state index contributed by atoms with van der Waals surface area (Å²) in [5.74, 6) is -0.219. The number of hydrogen-bond acceptors (Lipinski definition) is 6. The average Bonchev–Trinajstić information content (AvgIpc) is 3.28. The van der Waals surface area contributed by atoms with Crippen LogP contribution in [0.4, 0.5) is 18.9 Å². The van der Waals surface area contributed by atoms with Gasteiger partial charge in [-0.1, -0.05) is 0 Å². The van der Waals surface area contributed by atoms with E-state index in [2.05, 4.69) is 30.1 Å². The van der Waals surface area contributed by atoms with E-state index >= 15 is 0 Å². The van der Waals surface area contributed by atoms with Crippen LogP contribution in [0.3, 0.4) is 0 Å². The van der Waals surface area contributed by atoms with E-state index < -0.39 is 17.4 Å². The molecule has 1 amide bonds. The Morgan fingerprint density at radius 3 is 2.47 bits per heavy atom. The Balaban J connectivity index is 1.33. The number of aromatic amines is 1. The third-order valence-corrected chi connectivity index (χ3v) is 6.32. The molecule has 2 unspecified atom stereocenters. The lowest BCUT2D eigenvalue weighted by Crippen LogP contribution is -2.49. The molecule has 172 valence electrons. The molecule has 2 N–H and O–H groups in total. The highest BCUT2D eigenvalue weighted by Gasteiger charge is 2.37. The highest BCUT2D eigenvalue weighted by molar-refractivity contribution is 5.92. The number of halogens is 3. The Hall–Kier alpha value is -2.95. The summed E-state index contributed by atoms with van der Waals surface area (Å²) in [5, 5.41) is 2.55. The van der Waals surface area contributed by atoms with Crippen molar-refractivity contribution >= 4 is 11.6 Å². The fourth-order valence-corrected chi connectivity index (χ4v) is 4.58. The van der Waals surface area contributed by atoms with E-state index in [-0.39, 0.29) is 11.8 Å². The zero-order chi connectivity index (χ0) is 22.9. The molecule has 2 fully saturated rings. The largest absolute Gasteiger partial charge is 0.438 e. The molecule has 0 radical (unpaired) electrons. The lowest BCUT2D eigenvalue weighted by atomic mass is 10.0. The Morgan fingerprint density at radius 2 is 1.88 bits per heavy atom. The average molecular weight is 450 g/mol. The Kier molecular flexibility index (Phi) is 6.18. The van der Waals surface area contributed by atoms with Gasteiger partial charge in [-0.05, 0) is 31.4 Å². The fraction of sp³-hybridized carbons (Fsp3) is 0.524. The van der Waals surface area contributed by atoms with Gasteiger partial charge < -0.3 is 15.2 Å². The first-order valence-electron chi connectivity index (χ1n) is 10.6. The number of rotatable bonds is 4. The number of H-pyrrole nitrogens is 1. The summed E-state index contributed by atoms with van der Waals surface area (Å²) < 4.78 is 38.3. The Labute approximate surface area is 182 Å². The SMILES string of the molecule is CNC(=O)c1ccc(N2CCN(C3CCC(c4cnc(C(F)(F)F)c(=O)[nH]4)C3)CC2)cn1. The van der Waals surface area contributed by atoms with E-state index in [0.29, 0.717) is 17.4 Å². The van der Waals surface area contributed by atoms with Crippen LogP contribution in [0.5, 0.6) is 0 Å². The molecule has 3 heterocycles. The normalized spacial score (nSPS) is 22.2. The van der Waals surface area contributed by atoms with Gasteiger partial charge in [0.25, 0.3) is 11.5 Å². The summed E-state index contributed by atoms with van der Waals surface area (Å²) in [6, 6.07) is 3.93. The number of anilines is 1. The summed E-state index contributed by atoms with van der Waals surface area (Å²) >= 11 is 0. The molecule has 2 aromatic heterocycles. The smallest absolute Gasteiger partial charge is 0.368 e. The predicted molar refractivity (Wildman–Crippen MR) is 112 cm³/mol. The number of amides is 1. The molecular formula is C21H25F3N6O2. The molecular weight excluding hydrogens is 425 g/mol. The van der Waals surface area contributed by atoms with Gasteiger partial charge in [0.1, 0.15) is 5.69 Å². The minimum Gasteiger partial charge on any atom is -0.368 e. The number of carbonyl (C=O) groups excluding carboxylic acids is 1. The van der Waals surface area contributed by atoms with Crippen LogP contribution < -0.4 is 15.8 Å². The minimum absolute atomic E-state index is 0.00182. The van der Waals surface area contributed by atoms with E-state index in [4.69, 9.17) is 0 Å². The third kappa shape index (κ3) is 4.62. The second-order valence-electron chi connectivity index (χ2n) is 8.18. The van der Waals surface area contributed by atoms with Crippen molar-refractivity contribution in [1.29, 1.82) is 0 Å². The summed E-state index contributed by atoms with van der Waals surface area (Å²) in [6.45, 7) is 3.36. The maximum Gasteiger partial charge on any atom is 0.438 e. The molecule has 2 atom stereocenters. The van der Waals surface area contributed by atoms with Gasteiger partial charge in [-0.2, -0.15) is 13.2 Å². The van der Waals surface area contributed by atoms with Crippen molar-refractivity contribution in [3.8, 4) is 0 Å². The third-order valence-electron chi connectivity index (χ3n) is 6.32. The topological polar surface area (TPSA) is 94.2 Å².